The maximum Gasteiger partial charge on any atom is 0.458 e. The standard InChI is InChI=1S/C22H18F5N5O/c1-31(11-12-3-6-14(7-4-12)21(23,24)22(25,26)27)20(33)13-5-8-17-15(9-13)18-16(19(28)30-17)10-29-32(18)2/h3-10H,11H2,1-2H3,(H2,28,30). The summed E-state index contributed by atoms with van der Waals surface area (Å²) in [6.45, 7) is 0.00977. The number of alkyl halides is 5. The quantitative estimate of drug-likeness (QED) is 0.448. The van der Waals surface area contributed by atoms with Gasteiger partial charge in [-0.25, -0.2) is 4.98 Å². The van der Waals surface area contributed by atoms with Crippen LogP contribution >= 0.6 is 0 Å². The summed E-state index contributed by atoms with van der Waals surface area (Å²) in [5, 5.41) is 5.52. The molecule has 2 aromatic carbocycles. The third-order valence-electron chi connectivity index (χ3n) is 5.39. The van der Waals surface area contributed by atoms with Gasteiger partial charge < -0.3 is 10.6 Å². The maximum atomic E-state index is 13.5. The molecule has 4 aromatic rings. The fraction of sp³-hybridized carbons (Fsp3) is 0.227. The Kier molecular flexibility index (Phi) is 5.22. The number of halogens is 5. The first-order valence-corrected chi connectivity index (χ1v) is 9.70. The number of fused-ring (bicyclic) bond motifs is 3. The number of rotatable bonds is 4. The average Bonchev–Trinajstić information content (AvgIpc) is 3.15. The molecule has 0 aliphatic heterocycles. The molecular weight excluding hydrogens is 445 g/mol. The van der Waals surface area contributed by atoms with Crippen molar-refractivity contribution in [2.24, 2.45) is 7.05 Å². The summed E-state index contributed by atoms with van der Waals surface area (Å²) in [5.74, 6) is -5.00. The summed E-state index contributed by atoms with van der Waals surface area (Å²) in [6.07, 6.45) is -4.10. The van der Waals surface area contributed by atoms with Gasteiger partial charge >= 0.3 is 12.1 Å². The van der Waals surface area contributed by atoms with Crippen molar-refractivity contribution in [3.8, 4) is 0 Å². The molecule has 0 radical (unpaired) electrons. The van der Waals surface area contributed by atoms with Crippen LogP contribution < -0.4 is 5.73 Å². The summed E-state index contributed by atoms with van der Waals surface area (Å²) in [7, 11) is 3.25. The Morgan fingerprint density at radius 1 is 1.06 bits per heavy atom. The number of benzene rings is 2. The van der Waals surface area contributed by atoms with E-state index in [9.17, 15) is 26.7 Å². The van der Waals surface area contributed by atoms with E-state index in [2.05, 4.69) is 10.1 Å². The van der Waals surface area contributed by atoms with Crippen LogP contribution in [0.3, 0.4) is 0 Å². The molecule has 0 saturated carbocycles. The first-order valence-electron chi connectivity index (χ1n) is 9.70. The molecule has 0 aliphatic rings. The van der Waals surface area contributed by atoms with Crippen molar-refractivity contribution in [2.75, 3.05) is 12.8 Å². The van der Waals surface area contributed by atoms with Crippen molar-refractivity contribution >= 4 is 33.5 Å². The summed E-state index contributed by atoms with van der Waals surface area (Å²) in [5.41, 5.74) is 6.87. The van der Waals surface area contributed by atoms with Gasteiger partial charge in [0.25, 0.3) is 5.91 Å². The van der Waals surface area contributed by atoms with Crippen molar-refractivity contribution in [1.29, 1.82) is 0 Å². The summed E-state index contributed by atoms with van der Waals surface area (Å²) in [4.78, 5) is 18.6. The van der Waals surface area contributed by atoms with Crippen LogP contribution in [0.25, 0.3) is 21.8 Å². The molecule has 0 aliphatic carbocycles. The van der Waals surface area contributed by atoms with Crippen molar-refractivity contribution in [1.82, 2.24) is 19.7 Å². The number of carbonyl (C=O) groups excluding carboxylic acids is 1. The minimum atomic E-state index is -5.68. The highest BCUT2D eigenvalue weighted by molar-refractivity contribution is 6.10. The third-order valence-corrected chi connectivity index (χ3v) is 5.39. The molecule has 2 aromatic heterocycles. The first kappa shape index (κ1) is 22.4. The molecule has 0 atom stereocenters. The number of nitrogens with zero attached hydrogens (tertiary/aromatic N) is 4. The van der Waals surface area contributed by atoms with Crippen molar-refractivity contribution in [3.05, 3.63) is 65.4 Å². The van der Waals surface area contributed by atoms with E-state index in [0.717, 1.165) is 17.6 Å². The van der Waals surface area contributed by atoms with E-state index in [1.165, 1.54) is 11.9 Å². The highest BCUT2D eigenvalue weighted by atomic mass is 19.4. The van der Waals surface area contributed by atoms with Gasteiger partial charge in [0, 0.05) is 37.2 Å². The molecule has 4 rings (SSSR count). The van der Waals surface area contributed by atoms with E-state index < -0.39 is 17.7 Å². The highest BCUT2D eigenvalue weighted by Gasteiger charge is 2.58. The number of carbonyl (C=O) groups is 1. The fourth-order valence-electron chi connectivity index (χ4n) is 3.64. The largest absolute Gasteiger partial charge is 0.458 e. The van der Waals surface area contributed by atoms with Crippen molar-refractivity contribution in [3.63, 3.8) is 0 Å². The van der Waals surface area contributed by atoms with Gasteiger partial charge in [0.15, 0.2) is 0 Å². The Morgan fingerprint density at radius 3 is 2.36 bits per heavy atom. The number of hydrogen-bond donors (Lipinski definition) is 1. The Hall–Kier alpha value is -3.76. The second-order valence-corrected chi connectivity index (χ2v) is 7.69. The average molecular weight is 463 g/mol. The maximum absolute atomic E-state index is 13.5. The molecule has 1 amide bonds. The van der Waals surface area contributed by atoms with Crippen LogP contribution in [0.15, 0.2) is 48.7 Å². The van der Waals surface area contributed by atoms with E-state index in [4.69, 9.17) is 5.73 Å². The molecular formula is C22H18F5N5O. The monoisotopic (exact) mass is 463 g/mol. The molecule has 172 valence electrons. The van der Waals surface area contributed by atoms with Gasteiger partial charge in [-0.15, -0.1) is 0 Å². The third kappa shape index (κ3) is 3.83. The summed E-state index contributed by atoms with van der Waals surface area (Å²) in [6, 6.07) is 8.63. The predicted molar refractivity (Wildman–Crippen MR) is 113 cm³/mol. The number of hydrogen-bond acceptors (Lipinski definition) is 4. The Morgan fingerprint density at radius 2 is 1.73 bits per heavy atom. The molecule has 0 bridgehead atoms. The Balaban J connectivity index is 1.59. The van der Waals surface area contributed by atoms with Crippen molar-refractivity contribution in [2.45, 2.75) is 18.6 Å². The van der Waals surface area contributed by atoms with E-state index in [1.807, 2.05) is 0 Å². The molecule has 11 heteroatoms. The van der Waals surface area contributed by atoms with Crippen molar-refractivity contribution < 1.29 is 26.7 Å². The molecule has 2 N–H and O–H groups in total. The van der Waals surface area contributed by atoms with E-state index in [-0.39, 0.29) is 12.5 Å². The van der Waals surface area contributed by atoms with Crippen LogP contribution in [0.2, 0.25) is 0 Å². The first-order chi connectivity index (χ1) is 15.4. The van der Waals surface area contributed by atoms with Gasteiger partial charge in [-0.05, 0) is 23.8 Å². The van der Waals surface area contributed by atoms with Crippen LogP contribution in [0.1, 0.15) is 21.5 Å². The van der Waals surface area contributed by atoms with Crippen LogP contribution in [0.4, 0.5) is 27.8 Å². The summed E-state index contributed by atoms with van der Waals surface area (Å²) >= 11 is 0. The SMILES string of the molecule is CN(Cc1ccc(C(F)(F)C(F)(F)F)cc1)C(=O)c1ccc2nc(N)c3cnn(C)c3c2c1. The van der Waals surface area contributed by atoms with Gasteiger partial charge in [-0.2, -0.15) is 27.1 Å². The van der Waals surface area contributed by atoms with Crippen LogP contribution in [-0.2, 0) is 19.5 Å². The molecule has 6 nitrogen and oxygen atoms in total. The molecule has 33 heavy (non-hydrogen) atoms. The van der Waals surface area contributed by atoms with Gasteiger partial charge in [0.2, 0.25) is 0 Å². The molecule has 0 unspecified atom stereocenters. The number of aryl methyl sites for hydroxylation is 1. The lowest BCUT2D eigenvalue weighted by Crippen LogP contribution is -2.33. The van der Waals surface area contributed by atoms with Crippen LogP contribution in [0.5, 0.6) is 0 Å². The zero-order valence-corrected chi connectivity index (χ0v) is 17.5. The molecule has 0 fully saturated rings. The molecule has 2 heterocycles. The van der Waals surface area contributed by atoms with Gasteiger partial charge in [-0.3, -0.25) is 9.48 Å². The Bertz CT molecular complexity index is 1360. The highest BCUT2D eigenvalue weighted by Crippen LogP contribution is 2.43. The minimum absolute atomic E-state index is 0.00977. The van der Waals surface area contributed by atoms with Gasteiger partial charge in [0.05, 0.1) is 22.6 Å². The predicted octanol–water partition coefficient (Wildman–Crippen LogP) is 4.63. The van der Waals surface area contributed by atoms with E-state index in [1.54, 1.807) is 36.1 Å². The number of nitrogens with two attached hydrogens (primary N) is 1. The lowest BCUT2D eigenvalue weighted by atomic mass is 10.0. The second kappa shape index (κ2) is 7.68. The van der Waals surface area contributed by atoms with E-state index >= 15 is 0 Å². The lowest BCUT2D eigenvalue weighted by molar-refractivity contribution is -0.289. The number of amides is 1. The zero-order chi connectivity index (χ0) is 24.1. The van der Waals surface area contributed by atoms with Crippen LogP contribution in [-0.4, -0.2) is 38.8 Å². The number of anilines is 1. The number of pyridine rings is 1. The van der Waals surface area contributed by atoms with Crippen LogP contribution in [0, 0.1) is 0 Å². The molecule has 0 saturated heterocycles. The van der Waals surface area contributed by atoms with Gasteiger partial charge in [0.1, 0.15) is 5.82 Å². The lowest BCUT2D eigenvalue weighted by Gasteiger charge is -2.21. The second-order valence-electron chi connectivity index (χ2n) is 7.69. The Labute approximate surface area is 184 Å². The van der Waals surface area contributed by atoms with Gasteiger partial charge in [-0.1, -0.05) is 24.3 Å². The zero-order valence-electron chi connectivity index (χ0n) is 17.5. The number of aromatic nitrogens is 3. The summed E-state index contributed by atoms with van der Waals surface area (Å²) < 4.78 is 66.2. The smallest absolute Gasteiger partial charge is 0.383 e. The fourth-order valence-corrected chi connectivity index (χ4v) is 3.64. The normalized spacial score (nSPS) is 12.5. The minimum Gasteiger partial charge on any atom is -0.383 e. The van der Waals surface area contributed by atoms with E-state index in [0.29, 0.717) is 45.4 Å². The topological polar surface area (TPSA) is 77.0 Å². The molecule has 0 spiro atoms. The number of nitrogen functional groups attached to an aromatic ring is 1.